The second kappa shape index (κ2) is 5.66. The zero-order valence-electron chi connectivity index (χ0n) is 9.22. The zero-order valence-corrected chi connectivity index (χ0v) is 9.22. The number of rotatable bonds is 6. The van der Waals surface area contributed by atoms with Crippen molar-refractivity contribution in [3.05, 3.63) is 35.9 Å². The first kappa shape index (κ1) is 11.1. The van der Waals surface area contributed by atoms with Crippen LogP contribution in [0.15, 0.2) is 30.3 Å². The third-order valence-electron chi connectivity index (χ3n) is 2.52. The number of esters is 1. The van der Waals surface area contributed by atoms with E-state index in [2.05, 4.69) is 12.1 Å². The summed E-state index contributed by atoms with van der Waals surface area (Å²) in [6.07, 6.45) is 2.42. The molecule has 0 aromatic heterocycles. The fourth-order valence-corrected chi connectivity index (χ4v) is 1.50. The number of hydrogen-bond acceptors (Lipinski definition) is 3. The lowest BCUT2D eigenvalue weighted by atomic mass is 10.1. The molecule has 0 aliphatic carbocycles. The van der Waals surface area contributed by atoms with Crippen molar-refractivity contribution in [2.75, 3.05) is 13.2 Å². The highest BCUT2D eigenvalue weighted by molar-refractivity contribution is 5.69. The summed E-state index contributed by atoms with van der Waals surface area (Å²) in [4.78, 5) is 11.3. The standard InChI is InChI=1S/C13H16O3/c14-13(16-10-12-9-15-12)8-4-7-11-5-2-1-3-6-11/h1-3,5-6,12H,4,7-10H2. The minimum absolute atomic E-state index is 0.119. The molecule has 1 fully saturated rings. The van der Waals surface area contributed by atoms with Crippen LogP contribution in [0.3, 0.4) is 0 Å². The molecule has 0 spiro atoms. The monoisotopic (exact) mass is 220 g/mol. The van der Waals surface area contributed by atoms with Crippen LogP contribution in [-0.2, 0) is 20.7 Å². The molecule has 1 aromatic carbocycles. The average molecular weight is 220 g/mol. The summed E-state index contributed by atoms with van der Waals surface area (Å²) in [5.74, 6) is -0.119. The van der Waals surface area contributed by atoms with Crippen molar-refractivity contribution < 1.29 is 14.3 Å². The number of aryl methyl sites for hydroxylation is 1. The Morgan fingerprint density at radius 3 is 2.81 bits per heavy atom. The highest BCUT2D eigenvalue weighted by Crippen LogP contribution is 2.10. The molecule has 0 amide bonds. The smallest absolute Gasteiger partial charge is 0.305 e. The third kappa shape index (κ3) is 4.03. The van der Waals surface area contributed by atoms with E-state index in [4.69, 9.17) is 9.47 Å². The van der Waals surface area contributed by atoms with Crippen LogP contribution in [0.2, 0.25) is 0 Å². The summed E-state index contributed by atoms with van der Waals surface area (Å²) in [5.41, 5.74) is 1.26. The van der Waals surface area contributed by atoms with E-state index in [-0.39, 0.29) is 12.1 Å². The van der Waals surface area contributed by atoms with Gasteiger partial charge in [-0.15, -0.1) is 0 Å². The van der Waals surface area contributed by atoms with Crippen LogP contribution in [0.4, 0.5) is 0 Å². The topological polar surface area (TPSA) is 38.8 Å². The molecule has 3 nitrogen and oxygen atoms in total. The molecule has 3 heteroatoms. The minimum Gasteiger partial charge on any atom is -0.463 e. The molecule has 1 heterocycles. The molecular weight excluding hydrogens is 204 g/mol. The Hall–Kier alpha value is -1.35. The summed E-state index contributed by atoms with van der Waals surface area (Å²) in [5, 5.41) is 0. The van der Waals surface area contributed by atoms with Crippen molar-refractivity contribution >= 4 is 5.97 Å². The molecular formula is C13H16O3. The molecule has 0 saturated carbocycles. The maximum absolute atomic E-state index is 11.3. The normalized spacial score (nSPS) is 18.1. The van der Waals surface area contributed by atoms with Crippen molar-refractivity contribution in [2.24, 2.45) is 0 Å². The number of carbonyl (C=O) groups excluding carboxylic acids is 1. The molecule has 1 unspecified atom stereocenters. The Labute approximate surface area is 95.4 Å². The van der Waals surface area contributed by atoms with Gasteiger partial charge < -0.3 is 9.47 Å². The van der Waals surface area contributed by atoms with Gasteiger partial charge in [0, 0.05) is 6.42 Å². The van der Waals surface area contributed by atoms with E-state index < -0.39 is 0 Å². The second-order valence-corrected chi connectivity index (χ2v) is 3.98. The van der Waals surface area contributed by atoms with Gasteiger partial charge in [0.05, 0.1) is 6.61 Å². The van der Waals surface area contributed by atoms with Crippen LogP contribution < -0.4 is 0 Å². The average Bonchev–Trinajstić information content (AvgIpc) is 3.12. The predicted octanol–water partition coefficient (Wildman–Crippen LogP) is 1.95. The summed E-state index contributed by atoms with van der Waals surface area (Å²) in [6.45, 7) is 1.15. The van der Waals surface area contributed by atoms with Crippen molar-refractivity contribution in [3.63, 3.8) is 0 Å². The van der Waals surface area contributed by atoms with Gasteiger partial charge in [-0.2, -0.15) is 0 Å². The van der Waals surface area contributed by atoms with Gasteiger partial charge in [-0.3, -0.25) is 4.79 Å². The van der Waals surface area contributed by atoms with E-state index in [0.29, 0.717) is 13.0 Å². The first-order valence-corrected chi connectivity index (χ1v) is 5.66. The minimum atomic E-state index is -0.119. The van der Waals surface area contributed by atoms with Gasteiger partial charge in [-0.1, -0.05) is 30.3 Å². The van der Waals surface area contributed by atoms with E-state index >= 15 is 0 Å². The number of epoxide rings is 1. The van der Waals surface area contributed by atoms with E-state index in [1.807, 2.05) is 18.2 Å². The third-order valence-corrected chi connectivity index (χ3v) is 2.52. The lowest BCUT2D eigenvalue weighted by Crippen LogP contribution is -2.09. The molecule has 0 radical (unpaired) electrons. The first-order valence-electron chi connectivity index (χ1n) is 5.66. The van der Waals surface area contributed by atoms with Crippen LogP contribution in [0.5, 0.6) is 0 Å². The number of ether oxygens (including phenoxy) is 2. The molecule has 0 bridgehead atoms. The fourth-order valence-electron chi connectivity index (χ4n) is 1.50. The molecule has 1 aromatic rings. The SMILES string of the molecule is O=C(CCCc1ccccc1)OCC1CO1. The number of benzene rings is 1. The maximum Gasteiger partial charge on any atom is 0.305 e. The van der Waals surface area contributed by atoms with E-state index in [1.54, 1.807) is 0 Å². The van der Waals surface area contributed by atoms with Crippen LogP contribution in [-0.4, -0.2) is 25.3 Å². The predicted molar refractivity (Wildman–Crippen MR) is 60.1 cm³/mol. The van der Waals surface area contributed by atoms with Crippen LogP contribution in [0, 0.1) is 0 Å². The quantitative estimate of drug-likeness (QED) is 0.543. The highest BCUT2D eigenvalue weighted by atomic mass is 16.6. The summed E-state index contributed by atoms with van der Waals surface area (Å²) >= 11 is 0. The Morgan fingerprint density at radius 2 is 2.12 bits per heavy atom. The lowest BCUT2D eigenvalue weighted by molar-refractivity contribution is -0.144. The van der Waals surface area contributed by atoms with Crippen molar-refractivity contribution in [3.8, 4) is 0 Å². The molecule has 16 heavy (non-hydrogen) atoms. The molecule has 86 valence electrons. The maximum atomic E-state index is 11.3. The van der Waals surface area contributed by atoms with Crippen LogP contribution >= 0.6 is 0 Å². The largest absolute Gasteiger partial charge is 0.463 e. The first-order chi connectivity index (χ1) is 7.84. The van der Waals surface area contributed by atoms with E-state index in [1.165, 1.54) is 5.56 Å². The van der Waals surface area contributed by atoms with Crippen molar-refractivity contribution in [1.82, 2.24) is 0 Å². The Bertz CT molecular complexity index is 330. The van der Waals surface area contributed by atoms with Crippen molar-refractivity contribution in [1.29, 1.82) is 0 Å². The highest BCUT2D eigenvalue weighted by Gasteiger charge is 2.23. The molecule has 1 atom stereocenters. The number of hydrogen-bond donors (Lipinski definition) is 0. The Kier molecular flexibility index (Phi) is 3.94. The molecule has 1 aliphatic rings. The number of carbonyl (C=O) groups is 1. The van der Waals surface area contributed by atoms with E-state index in [0.717, 1.165) is 19.4 Å². The van der Waals surface area contributed by atoms with Gasteiger partial charge in [-0.25, -0.2) is 0 Å². The molecule has 1 saturated heterocycles. The van der Waals surface area contributed by atoms with Gasteiger partial charge in [0.1, 0.15) is 12.7 Å². The van der Waals surface area contributed by atoms with Gasteiger partial charge in [0.2, 0.25) is 0 Å². The van der Waals surface area contributed by atoms with Gasteiger partial charge in [0.15, 0.2) is 0 Å². The Balaban J connectivity index is 1.58. The Morgan fingerprint density at radius 1 is 1.38 bits per heavy atom. The summed E-state index contributed by atoms with van der Waals surface area (Å²) in [6, 6.07) is 10.2. The molecule has 2 rings (SSSR count). The van der Waals surface area contributed by atoms with E-state index in [9.17, 15) is 4.79 Å². The van der Waals surface area contributed by atoms with Gasteiger partial charge in [0.25, 0.3) is 0 Å². The van der Waals surface area contributed by atoms with Crippen molar-refractivity contribution in [2.45, 2.75) is 25.4 Å². The van der Waals surface area contributed by atoms with Crippen LogP contribution in [0.1, 0.15) is 18.4 Å². The zero-order chi connectivity index (χ0) is 11.2. The lowest BCUT2D eigenvalue weighted by Gasteiger charge is -2.02. The fraction of sp³-hybridized carbons (Fsp3) is 0.462. The molecule has 1 aliphatic heterocycles. The molecule has 0 N–H and O–H groups in total. The summed E-state index contributed by atoms with van der Waals surface area (Å²) in [7, 11) is 0. The second-order valence-electron chi connectivity index (χ2n) is 3.98. The summed E-state index contributed by atoms with van der Waals surface area (Å²) < 4.78 is 10.00. The van der Waals surface area contributed by atoms with Gasteiger partial charge in [-0.05, 0) is 18.4 Å². The van der Waals surface area contributed by atoms with Crippen LogP contribution in [0.25, 0.3) is 0 Å². The van der Waals surface area contributed by atoms with Gasteiger partial charge >= 0.3 is 5.97 Å².